The zero-order valence-electron chi connectivity index (χ0n) is 18.7. The maximum atomic E-state index is 13.1. The van der Waals surface area contributed by atoms with Crippen LogP contribution in [0.3, 0.4) is 0 Å². The number of nitrogens with zero attached hydrogens (tertiary/aromatic N) is 4. The molecule has 0 saturated carbocycles. The lowest BCUT2D eigenvalue weighted by Crippen LogP contribution is -2.50. The first-order valence-corrected chi connectivity index (χ1v) is 11.0. The summed E-state index contributed by atoms with van der Waals surface area (Å²) in [4.78, 5) is 18.4. The van der Waals surface area contributed by atoms with Gasteiger partial charge in [-0.15, -0.1) is 0 Å². The molecule has 3 heterocycles. The summed E-state index contributed by atoms with van der Waals surface area (Å²) in [5.41, 5.74) is 1.16. The van der Waals surface area contributed by atoms with E-state index >= 15 is 0 Å². The highest BCUT2D eigenvalue weighted by Gasteiger charge is 2.38. The summed E-state index contributed by atoms with van der Waals surface area (Å²) in [6, 6.07) is 5.07. The van der Waals surface area contributed by atoms with E-state index in [4.69, 9.17) is 21.4 Å². The van der Waals surface area contributed by atoms with E-state index in [1.54, 1.807) is 11.1 Å². The predicted octanol–water partition coefficient (Wildman–Crippen LogP) is 5.99. The number of benzene rings is 1. The van der Waals surface area contributed by atoms with Gasteiger partial charge in [-0.25, -0.2) is 14.5 Å². The number of alkyl halides is 3. The van der Waals surface area contributed by atoms with Gasteiger partial charge in [0.15, 0.2) is 5.65 Å². The van der Waals surface area contributed by atoms with E-state index in [0.29, 0.717) is 24.4 Å². The third kappa shape index (κ3) is 4.51. The molecule has 1 amide bonds. The SMILES string of the molecule is CCc1ccnc2c1c(C1CN(C(=O)OC(C)(C)C)C1)nn2-c1ccc(C(F)(F)F)cc1Cl. The van der Waals surface area contributed by atoms with E-state index in [2.05, 4.69) is 4.98 Å². The van der Waals surface area contributed by atoms with Crippen LogP contribution in [0, 0.1) is 0 Å². The van der Waals surface area contributed by atoms with Gasteiger partial charge in [0, 0.05) is 30.6 Å². The molecule has 2 aromatic heterocycles. The van der Waals surface area contributed by atoms with Crippen molar-refractivity contribution in [3.63, 3.8) is 0 Å². The van der Waals surface area contributed by atoms with Crippen LogP contribution in [0.2, 0.25) is 5.02 Å². The number of pyridine rings is 1. The number of amides is 1. The molecule has 0 aliphatic carbocycles. The standard InChI is InChI=1S/C23H24ClF3N4O2/c1-5-13-8-9-28-20-18(13)19(14-11-30(12-14)21(32)33-22(2,3)4)29-31(20)17-7-6-15(10-16(17)24)23(25,26)27/h6-10,14H,5,11-12H2,1-4H3. The first-order chi connectivity index (χ1) is 15.4. The van der Waals surface area contributed by atoms with Gasteiger partial charge in [0.2, 0.25) is 0 Å². The minimum atomic E-state index is -4.50. The van der Waals surface area contributed by atoms with E-state index < -0.39 is 17.3 Å². The molecule has 0 radical (unpaired) electrons. The Morgan fingerprint density at radius 3 is 2.48 bits per heavy atom. The fraction of sp³-hybridized carbons (Fsp3) is 0.435. The van der Waals surface area contributed by atoms with Gasteiger partial charge in [0.05, 0.1) is 22.0 Å². The summed E-state index contributed by atoms with van der Waals surface area (Å²) in [6.07, 6.45) is -2.51. The first kappa shape index (κ1) is 23.4. The van der Waals surface area contributed by atoms with Crippen LogP contribution in [0.25, 0.3) is 16.7 Å². The third-order valence-corrected chi connectivity index (χ3v) is 5.79. The van der Waals surface area contributed by atoms with E-state index in [1.165, 1.54) is 10.7 Å². The second kappa shape index (κ2) is 8.20. The predicted molar refractivity (Wildman–Crippen MR) is 119 cm³/mol. The fourth-order valence-corrected chi connectivity index (χ4v) is 4.13. The second-order valence-corrected chi connectivity index (χ2v) is 9.47. The number of fused-ring (bicyclic) bond motifs is 1. The molecule has 1 aliphatic heterocycles. The van der Waals surface area contributed by atoms with Gasteiger partial charge < -0.3 is 9.64 Å². The van der Waals surface area contributed by atoms with Crippen LogP contribution in [-0.4, -0.2) is 44.4 Å². The number of hydrogen-bond acceptors (Lipinski definition) is 4. The number of likely N-dealkylation sites (tertiary alicyclic amines) is 1. The summed E-state index contributed by atoms with van der Waals surface area (Å²) < 4.78 is 46.2. The second-order valence-electron chi connectivity index (χ2n) is 9.07. The largest absolute Gasteiger partial charge is 0.444 e. The summed E-state index contributed by atoms with van der Waals surface area (Å²) in [7, 11) is 0. The average Bonchev–Trinajstić information content (AvgIpc) is 3.04. The van der Waals surface area contributed by atoms with Crippen LogP contribution in [-0.2, 0) is 17.3 Å². The molecule has 33 heavy (non-hydrogen) atoms. The topological polar surface area (TPSA) is 60.3 Å². The number of carbonyl (C=O) groups is 1. The molecule has 10 heteroatoms. The Hall–Kier alpha value is -2.81. The zero-order chi connectivity index (χ0) is 24.1. The highest BCUT2D eigenvalue weighted by Crippen LogP contribution is 2.37. The van der Waals surface area contributed by atoms with Crippen molar-refractivity contribution >= 4 is 28.7 Å². The van der Waals surface area contributed by atoms with E-state index in [1.807, 2.05) is 33.8 Å². The molecule has 0 bridgehead atoms. The summed E-state index contributed by atoms with van der Waals surface area (Å²) in [5, 5.41) is 5.48. The van der Waals surface area contributed by atoms with Gasteiger partial charge in [0.25, 0.3) is 0 Å². The van der Waals surface area contributed by atoms with Crippen molar-refractivity contribution in [1.29, 1.82) is 0 Å². The van der Waals surface area contributed by atoms with E-state index in [9.17, 15) is 18.0 Å². The molecular formula is C23H24ClF3N4O2. The molecule has 1 saturated heterocycles. The normalized spacial score (nSPS) is 15.1. The lowest BCUT2D eigenvalue weighted by molar-refractivity contribution is -0.137. The van der Waals surface area contributed by atoms with Gasteiger partial charge in [-0.05, 0) is 57.0 Å². The smallest absolute Gasteiger partial charge is 0.416 e. The monoisotopic (exact) mass is 480 g/mol. The molecule has 0 N–H and O–H groups in total. The number of aromatic nitrogens is 3. The van der Waals surface area contributed by atoms with Gasteiger partial charge in [-0.1, -0.05) is 18.5 Å². The van der Waals surface area contributed by atoms with Gasteiger partial charge >= 0.3 is 12.3 Å². The van der Waals surface area contributed by atoms with Crippen LogP contribution >= 0.6 is 11.6 Å². The van der Waals surface area contributed by atoms with Crippen molar-refractivity contribution in [3.05, 3.63) is 52.3 Å². The highest BCUT2D eigenvalue weighted by molar-refractivity contribution is 6.32. The third-order valence-electron chi connectivity index (χ3n) is 5.49. The Labute approximate surface area is 194 Å². The van der Waals surface area contributed by atoms with Crippen LogP contribution in [0.15, 0.2) is 30.5 Å². The zero-order valence-corrected chi connectivity index (χ0v) is 19.5. The van der Waals surface area contributed by atoms with Gasteiger partial charge in [0.1, 0.15) is 5.60 Å². The highest BCUT2D eigenvalue weighted by atomic mass is 35.5. The molecule has 0 atom stereocenters. The summed E-state index contributed by atoms with van der Waals surface area (Å²) in [6.45, 7) is 8.30. The molecule has 1 aromatic carbocycles. The van der Waals surface area contributed by atoms with Crippen LogP contribution in [0.5, 0.6) is 0 Å². The Balaban J connectivity index is 1.73. The van der Waals surface area contributed by atoms with Crippen LogP contribution in [0.4, 0.5) is 18.0 Å². The van der Waals surface area contributed by atoms with Crippen LogP contribution < -0.4 is 0 Å². The lowest BCUT2D eigenvalue weighted by atomic mass is 9.93. The molecule has 0 unspecified atom stereocenters. The van der Waals surface area contributed by atoms with E-state index in [-0.39, 0.29) is 17.0 Å². The number of hydrogen-bond donors (Lipinski definition) is 0. The van der Waals surface area contributed by atoms with Crippen molar-refractivity contribution in [2.75, 3.05) is 13.1 Å². The van der Waals surface area contributed by atoms with Crippen molar-refractivity contribution in [2.24, 2.45) is 0 Å². The molecular weight excluding hydrogens is 457 g/mol. The molecule has 6 nitrogen and oxygen atoms in total. The Kier molecular flexibility index (Phi) is 5.80. The molecule has 1 aliphatic rings. The Morgan fingerprint density at radius 1 is 1.21 bits per heavy atom. The molecule has 176 valence electrons. The summed E-state index contributed by atoms with van der Waals surface area (Å²) >= 11 is 6.25. The molecule has 4 rings (SSSR count). The maximum absolute atomic E-state index is 13.1. The summed E-state index contributed by atoms with van der Waals surface area (Å²) in [5.74, 6) is -0.0519. The first-order valence-electron chi connectivity index (χ1n) is 10.6. The number of halogens is 4. The minimum Gasteiger partial charge on any atom is -0.444 e. The van der Waals surface area contributed by atoms with E-state index in [0.717, 1.165) is 35.2 Å². The molecule has 0 spiro atoms. The van der Waals surface area contributed by atoms with Crippen molar-refractivity contribution in [2.45, 2.75) is 51.8 Å². The van der Waals surface area contributed by atoms with Gasteiger partial charge in [-0.3, -0.25) is 0 Å². The van der Waals surface area contributed by atoms with Crippen molar-refractivity contribution in [1.82, 2.24) is 19.7 Å². The number of carbonyl (C=O) groups excluding carboxylic acids is 1. The fourth-order valence-electron chi connectivity index (χ4n) is 3.86. The minimum absolute atomic E-state index is 0.0519. The lowest BCUT2D eigenvalue weighted by Gasteiger charge is -2.39. The molecule has 1 fully saturated rings. The molecule has 3 aromatic rings. The Bertz CT molecular complexity index is 1210. The van der Waals surface area contributed by atoms with Gasteiger partial charge in [-0.2, -0.15) is 18.3 Å². The quantitative estimate of drug-likeness (QED) is 0.462. The van der Waals surface area contributed by atoms with Crippen LogP contribution in [0.1, 0.15) is 50.4 Å². The van der Waals surface area contributed by atoms with Crippen molar-refractivity contribution < 1.29 is 22.7 Å². The Morgan fingerprint density at radius 2 is 1.91 bits per heavy atom. The maximum Gasteiger partial charge on any atom is 0.416 e. The number of ether oxygens (including phenoxy) is 1. The number of rotatable bonds is 3. The number of aryl methyl sites for hydroxylation is 1. The van der Waals surface area contributed by atoms with Crippen molar-refractivity contribution in [3.8, 4) is 5.69 Å². The average molecular weight is 481 g/mol.